The molecule has 1 aromatic carbocycles. The molecule has 2 aromatic rings. The number of thiazole rings is 1. The zero-order valence-corrected chi connectivity index (χ0v) is 20.4. The summed E-state index contributed by atoms with van der Waals surface area (Å²) in [4.78, 5) is 32.8. The highest BCUT2D eigenvalue weighted by Crippen LogP contribution is 2.43. The molecule has 10 heteroatoms. The summed E-state index contributed by atoms with van der Waals surface area (Å²) in [5.74, 6) is -0.199. The number of rotatable bonds is 5. The van der Waals surface area contributed by atoms with Crippen LogP contribution in [0, 0.1) is 12.3 Å². The molecule has 5 rings (SSSR count). The molecule has 1 spiro atoms. The summed E-state index contributed by atoms with van der Waals surface area (Å²) in [6.07, 6.45) is 5.78. The average molecular weight is 490 g/mol. The van der Waals surface area contributed by atoms with Gasteiger partial charge in [0.1, 0.15) is 10.8 Å². The number of nitrogens with zero attached hydrogens (tertiary/aromatic N) is 3. The molecule has 0 radical (unpaired) electrons. The van der Waals surface area contributed by atoms with Crippen molar-refractivity contribution in [2.24, 2.45) is 5.41 Å². The van der Waals surface area contributed by atoms with Gasteiger partial charge in [-0.2, -0.15) is 0 Å². The van der Waals surface area contributed by atoms with E-state index < -0.39 is 9.84 Å². The number of likely N-dealkylation sites (tertiary alicyclic amines) is 1. The summed E-state index contributed by atoms with van der Waals surface area (Å²) in [5, 5.41) is 0.481. The van der Waals surface area contributed by atoms with Crippen LogP contribution in [0.1, 0.15) is 46.3 Å². The number of piperidine rings is 1. The van der Waals surface area contributed by atoms with E-state index in [2.05, 4.69) is 16.8 Å². The van der Waals surface area contributed by atoms with Crippen LogP contribution in [0.5, 0.6) is 0 Å². The lowest BCUT2D eigenvalue weighted by Gasteiger charge is -2.38. The van der Waals surface area contributed by atoms with Crippen molar-refractivity contribution in [1.82, 2.24) is 9.88 Å². The average Bonchev–Trinajstić information content (AvgIpc) is 3.47. The maximum absolute atomic E-state index is 12.7. The third-order valence-corrected chi connectivity index (χ3v) is 10.1. The van der Waals surface area contributed by atoms with Crippen molar-refractivity contribution in [3.8, 4) is 0 Å². The smallest absolute Gasteiger partial charge is 0.338 e. The van der Waals surface area contributed by atoms with E-state index in [-0.39, 0.29) is 21.5 Å². The summed E-state index contributed by atoms with van der Waals surface area (Å²) in [6, 6.07) is 3.92. The van der Waals surface area contributed by atoms with Gasteiger partial charge in [0.2, 0.25) is 5.91 Å². The zero-order valence-electron chi connectivity index (χ0n) is 18.8. The second-order valence-electron chi connectivity index (χ2n) is 9.43. The maximum atomic E-state index is 12.7. The highest BCUT2D eigenvalue weighted by atomic mass is 32.2. The van der Waals surface area contributed by atoms with E-state index in [9.17, 15) is 18.0 Å². The predicted molar refractivity (Wildman–Crippen MR) is 124 cm³/mol. The van der Waals surface area contributed by atoms with Crippen molar-refractivity contribution < 1.29 is 22.7 Å². The molecule has 176 valence electrons. The molecule has 2 fully saturated rings. The molecule has 1 amide bonds. The Morgan fingerprint density at radius 1 is 1.21 bits per heavy atom. The Morgan fingerprint density at radius 3 is 2.67 bits per heavy atom. The molecule has 0 bridgehead atoms. The molecule has 4 heterocycles. The first-order valence-electron chi connectivity index (χ1n) is 11.1. The lowest BCUT2D eigenvalue weighted by molar-refractivity contribution is -0.118. The van der Waals surface area contributed by atoms with Gasteiger partial charge in [-0.3, -0.25) is 9.69 Å². The molecular formula is C23H27N3O5S2. The summed E-state index contributed by atoms with van der Waals surface area (Å²) in [6.45, 7) is 5.84. The number of amides is 1. The van der Waals surface area contributed by atoms with Crippen molar-refractivity contribution in [2.45, 2.75) is 43.4 Å². The number of carbonyl (C=O) groups excluding carboxylic acids is 2. The monoisotopic (exact) mass is 489 g/mol. The van der Waals surface area contributed by atoms with Gasteiger partial charge in [0.05, 0.1) is 11.8 Å². The van der Waals surface area contributed by atoms with E-state index in [4.69, 9.17) is 4.74 Å². The first-order valence-corrected chi connectivity index (χ1v) is 13.8. The first-order chi connectivity index (χ1) is 15.7. The van der Waals surface area contributed by atoms with Crippen LogP contribution in [-0.2, 0) is 32.4 Å². The van der Waals surface area contributed by atoms with Crippen LogP contribution in [0.15, 0.2) is 22.5 Å². The molecule has 0 atom stereocenters. The number of benzene rings is 1. The van der Waals surface area contributed by atoms with Crippen LogP contribution in [0.3, 0.4) is 0 Å². The largest absolute Gasteiger partial charge is 0.457 e. The second-order valence-corrected chi connectivity index (χ2v) is 12.7. The fraction of sp³-hybridized carbons (Fsp3) is 0.522. The highest BCUT2D eigenvalue weighted by Gasteiger charge is 2.46. The number of carbonyl (C=O) groups is 2. The molecule has 0 aliphatic carbocycles. The molecule has 0 unspecified atom stereocenters. The molecule has 1 aromatic heterocycles. The molecule has 2 saturated heterocycles. The minimum absolute atomic E-state index is 0.0309. The molecule has 3 aliphatic rings. The minimum Gasteiger partial charge on any atom is -0.457 e. The lowest BCUT2D eigenvalue weighted by Crippen LogP contribution is -2.42. The predicted octanol–water partition coefficient (Wildman–Crippen LogP) is 2.59. The van der Waals surface area contributed by atoms with E-state index in [0.717, 1.165) is 67.6 Å². The number of esters is 1. The van der Waals surface area contributed by atoms with Crippen molar-refractivity contribution in [3.63, 3.8) is 0 Å². The number of hydrogen-bond acceptors (Lipinski definition) is 8. The fourth-order valence-electron chi connectivity index (χ4n) is 5.15. The Hall–Kier alpha value is -2.30. The van der Waals surface area contributed by atoms with Gasteiger partial charge in [-0.05, 0) is 61.9 Å². The van der Waals surface area contributed by atoms with Gasteiger partial charge in [0.15, 0.2) is 15.0 Å². The Labute approximate surface area is 197 Å². The molecule has 3 aliphatic heterocycles. The van der Waals surface area contributed by atoms with Crippen molar-refractivity contribution in [1.29, 1.82) is 0 Å². The third kappa shape index (κ3) is 4.20. The number of aromatic nitrogens is 1. The van der Waals surface area contributed by atoms with Crippen LogP contribution in [0.2, 0.25) is 0 Å². The molecule has 0 N–H and O–H groups in total. The standard InChI is InChI=1S/C23H27N3O5S2/c1-15-16(3-4-17-18(15)13-31-21(17)28)5-8-25-9-6-23(7-10-25)11-19(27)26(14-23)22-24-12-20(32-22)33(2,29)30/h3-4,12H,5-11,13-14H2,1-2H3. The van der Waals surface area contributed by atoms with E-state index in [1.807, 2.05) is 12.1 Å². The first kappa shape index (κ1) is 22.5. The van der Waals surface area contributed by atoms with Crippen molar-refractivity contribution in [3.05, 3.63) is 40.6 Å². The van der Waals surface area contributed by atoms with Crippen molar-refractivity contribution >= 4 is 38.2 Å². The quantitative estimate of drug-likeness (QED) is 0.596. The van der Waals surface area contributed by atoms with Crippen LogP contribution >= 0.6 is 11.3 Å². The van der Waals surface area contributed by atoms with Crippen LogP contribution < -0.4 is 4.90 Å². The van der Waals surface area contributed by atoms with E-state index in [1.54, 1.807) is 4.90 Å². The van der Waals surface area contributed by atoms with Crippen LogP contribution in [-0.4, -0.2) is 62.6 Å². The summed E-state index contributed by atoms with van der Waals surface area (Å²) in [5.41, 5.74) is 4.04. The minimum atomic E-state index is -3.32. The SMILES string of the molecule is Cc1c(CCN2CCC3(CC2)CC(=O)N(c2ncc(S(C)(=O)=O)s2)C3)ccc2c1COC2=O. The number of anilines is 1. The number of ether oxygens (including phenoxy) is 1. The van der Waals surface area contributed by atoms with E-state index in [1.165, 1.54) is 11.8 Å². The molecule has 33 heavy (non-hydrogen) atoms. The Morgan fingerprint density at radius 2 is 1.97 bits per heavy atom. The second kappa shape index (κ2) is 8.18. The van der Waals surface area contributed by atoms with Gasteiger partial charge in [0.25, 0.3) is 0 Å². The maximum Gasteiger partial charge on any atom is 0.338 e. The van der Waals surface area contributed by atoms with Crippen LogP contribution in [0.25, 0.3) is 0 Å². The van der Waals surface area contributed by atoms with Crippen LogP contribution in [0.4, 0.5) is 5.13 Å². The normalized spacial score (nSPS) is 20.5. The summed E-state index contributed by atoms with van der Waals surface area (Å²) in [7, 11) is -3.32. The van der Waals surface area contributed by atoms with Gasteiger partial charge in [0, 0.05) is 31.3 Å². The lowest BCUT2D eigenvalue weighted by atomic mass is 9.77. The summed E-state index contributed by atoms with van der Waals surface area (Å²) >= 11 is 1.07. The topological polar surface area (TPSA) is 96.9 Å². The number of cyclic esters (lactones) is 1. The fourth-order valence-corrected chi connectivity index (χ4v) is 6.89. The third-order valence-electron chi connectivity index (χ3n) is 7.28. The van der Waals surface area contributed by atoms with Gasteiger partial charge in [-0.1, -0.05) is 17.4 Å². The molecular weight excluding hydrogens is 462 g/mol. The highest BCUT2D eigenvalue weighted by molar-refractivity contribution is 7.92. The Kier molecular flexibility index (Phi) is 5.57. The molecule has 0 saturated carbocycles. The van der Waals surface area contributed by atoms with Crippen molar-refractivity contribution in [2.75, 3.05) is 37.3 Å². The number of hydrogen-bond donors (Lipinski definition) is 0. The number of fused-ring (bicyclic) bond motifs is 1. The zero-order chi connectivity index (χ0) is 23.4. The van der Waals surface area contributed by atoms with E-state index >= 15 is 0 Å². The van der Waals surface area contributed by atoms with E-state index in [0.29, 0.717) is 30.3 Å². The Bertz CT molecular complexity index is 1230. The van der Waals surface area contributed by atoms with Gasteiger partial charge < -0.3 is 9.64 Å². The van der Waals surface area contributed by atoms with Gasteiger partial charge >= 0.3 is 5.97 Å². The number of sulfone groups is 1. The molecule has 8 nitrogen and oxygen atoms in total. The van der Waals surface area contributed by atoms with Gasteiger partial charge in [-0.25, -0.2) is 18.2 Å². The van der Waals surface area contributed by atoms with Gasteiger partial charge in [-0.15, -0.1) is 0 Å². The Balaban J connectivity index is 1.19. The summed E-state index contributed by atoms with van der Waals surface area (Å²) < 4.78 is 28.9.